The van der Waals surface area contributed by atoms with Crippen molar-refractivity contribution >= 4 is 68.7 Å². The molecule has 0 aliphatic heterocycles. The molecule has 0 radical (unpaired) electrons. The molecule has 0 amide bonds. The van der Waals surface area contributed by atoms with Crippen molar-refractivity contribution in [3.8, 4) is 22.3 Å². The van der Waals surface area contributed by atoms with Crippen LogP contribution in [0.4, 0.5) is 17.1 Å². The van der Waals surface area contributed by atoms with Crippen LogP contribution >= 0.6 is 8.16 Å². The number of fused-ring (bicyclic) bond motifs is 7. The normalized spacial score (nSPS) is 11.3. The van der Waals surface area contributed by atoms with Gasteiger partial charge >= 0.3 is 8.16 Å². The van der Waals surface area contributed by atoms with Gasteiger partial charge in [0.25, 0.3) is 11.4 Å². The highest BCUT2D eigenvalue weighted by Crippen LogP contribution is 2.49. The number of hydrogen-bond donors (Lipinski definition) is 0. The third kappa shape index (κ3) is 6.22. The summed E-state index contributed by atoms with van der Waals surface area (Å²) in [6.07, 6.45) is 0. The fourth-order valence-electron chi connectivity index (χ4n) is 7.17. The fraction of sp³-hybridized carbons (Fsp3) is 0.0222. The van der Waals surface area contributed by atoms with E-state index in [1.54, 1.807) is 24.3 Å². The van der Waals surface area contributed by atoms with Gasteiger partial charge in [-0.05, 0) is 86.8 Å². The van der Waals surface area contributed by atoms with E-state index in [0.717, 1.165) is 65.8 Å². The first kappa shape index (κ1) is 33.6. The predicted molar refractivity (Wildman–Crippen MR) is 220 cm³/mol. The molecule has 266 valence electrons. The van der Waals surface area contributed by atoms with Gasteiger partial charge in [0.05, 0.1) is 16.4 Å². The number of benzene rings is 8. The number of nitrogens with zero attached hydrogens (tertiary/aromatic N) is 3. The zero-order valence-corrected chi connectivity index (χ0v) is 30.0. The molecule has 0 saturated heterocycles. The molecule has 9 rings (SSSR count). The molecule has 0 aliphatic carbocycles. The molecule has 0 spiro atoms. The lowest BCUT2D eigenvalue weighted by atomic mass is 9.91. The van der Waals surface area contributed by atoms with Crippen molar-refractivity contribution in [2.24, 2.45) is 0 Å². The molecule has 1 aromatic heterocycles. The molecule has 55 heavy (non-hydrogen) atoms. The molecule has 9 aromatic rings. The maximum absolute atomic E-state index is 11.7. The Labute approximate surface area is 315 Å². The second-order valence-corrected chi connectivity index (χ2v) is 14.4. The zero-order valence-electron chi connectivity index (χ0n) is 29.1. The van der Waals surface area contributed by atoms with Gasteiger partial charge in [-0.2, -0.15) is 0 Å². The van der Waals surface area contributed by atoms with Gasteiger partial charge in [0, 0.05) is 51.9 Å². The lowest BCUT2D eigenvalue weighted by molar-refractivity contribution is -0.385. The zero-order chi connectivity index (χ0) is 37.5. The molecular formula is C45H30N3O6P. The van der Waals surface area contributed by atoms with E-state index >= 15 is 0 Å². The Kier molecular flexibility index (Phi) is 8.53. The molecule has 0 saturated carbocycles. The van der Waals surface area contributed by atoms with Gasteiger partial charge in [-0.15, -0.1) is 0 Å². The Morgan fingerprint density at radius 2 is 0.927 bits per heavy atom. The van der Waals surface area contributed by atoms with Crippen LogP contribution in [-0.4, -0.2) is 9.85 Å². The molecule has 0 aliphatic rings. The van der Waals surface area contributed by atoms with Gasteiger partial charge in [-0.3, -0.25) is 24.9 Å². The summed E-state index contributed by atoms with van der Waals surface area (Å²) in [6.45, 7) is 0.460. The molecule has 0 fully saturated rings. The van der Waals surface area contributed by atoms with Crippen LogP contribution in [0.1, 0.15) is 5.56 Å². The highest BCUT2D eigenvalue weighted by molar-refractivity contribution is 7.39. The van der Waals surface area contributed by atoms with Crippen LogP contribution in [0.2, 0.25) is 0 Å². The Balaban J connectivity index is 1.50. The van der Waals surface area contributed by atoms with Crippen LogP contribution in [0, 0.1) is 20.2 Å². The number of hydrogen-bond acceptors (Lipinski definition) is 7. The first-order valence-electron chi connectivity index (χ1n) is 17.6. The summed E-state index contributed by atoms with van der Waals surface area (Å²) in [5, 5.41) is 28.8. The monoisotopic (exact) mass is 739 g/mol. The van der Waals surface area contributed by atoms with Crippen LogP contribution in [-0.2, 0) is 6.54 Å². The second kappa shape index (κ2) is 14.0. The minimum atomic E-state index is -1.98. The highest BCUT2D eigenvalue weighted by atomic mass is 31.1. The van der Waals surface area contributed by atoms with Crippen molar-refractivity contribution in [2.75, 3.05) is 4.67 Å². The fourth-order valence-corrected chi connectivity index (χ4v) is 8.70. The molecule has 1 heterocycles. The van der Waals surface area contributed by atoms with E-state index < -0.39 is 18.0 Å². The Bertz CT molecular complexity index is 2790. The van der Waals surface area contributed by atoms with Crippen LogP contribution in [0.5, 0.6) is 0 Å². The minimum absolute atomic E-state index is 0.00988. The summed E-state index contributed by atoms with van der Waals surface area (Å²) in [6, 6.07) is 53.5. The topological polar surface area (TPSA) is 116 Å². The summed E-state index contributed by atoms with van der Waals surface area (Å²) >= 11 is 0. The van der Waals surface area contributed by atoms with Gasteiger partial charge in [-0.1, -0.05) is 97.1 Å². The van der Waals surface area contributed by atoms with Crippen molar-refractivity contribution < 1.29 is 18.2 Å². The summed E-state index contributed by atoms with van der Waals surface area (Å²) < 4.78 is 16.8. The van der Waals surface area contributed by atoms with Gasteiger partial charge in [0.1, 0.15) is 0 Å². The summed E-state index contributed by atoms with van der Waals surface area (Å²) in [5.74, 6) is 0. The molecular weight excluding hydrogens is 709 g/mol. The number of nitro benzene ring substituents is 2. The standard InChI is InChI=1S/C45H30N3O6P/c49-47(50)36-23-19-31(20-24-36)40-27-33-13-7-9-17-38(33)42-43-39-18-10-8-14-34(39)28-41(32-21-25-37(26-22-32)48(51)52)45(43)54-55(53-44(40)42)46(35-15-5-2-6-16-35)29-30-11-3-1-4-12-30/h1-28H,29H2. The minimum Gasteiger partial charge on any atom is -0.403 e. The van der Waals surface area contributed by atoms with E-state index in [4.69, 9.17) is 8.39 Å². The summed E-state index contributed by atoms with van der Waals surface area (Å²) in [7, 11) is -1.98. The summed E-state index contributed by atoms with van der Waals surface area (Å²) in [5.41, 5.74) is 6.08. The molecule has 0 bridgehead atoms. The molecule has 0 unspecified atom stereocenters. The molecule has 10 heteroatoms. The van der Waals surface area contributed by atoms with Crippen LogP contribution < -0.4 is 4.67 Å². The number of nitro groups is 2. The number of anilines is 1. The maximum Gasteiger partial charge on any atom is 0.342 e. The van der Waals surface area contributed by atoms with E-state index in [1.165, 1.54) is 24.3 Å². The first-order valence-corrected chi connectivity index (χ1v) is 18.7. The number of rotatable bonds is 8. The highest BCUT2D eigenvalue weighted by Gasteiger charge is 2.24. The first-order chi connectivity index (χ1) is 26.9. The maximum atomic E-state index is 11.7. The Hall–Kier alpha value is -7.22. The lowest BCUT2D eigenvalue weighted by Crippen LogP contribution is -2.12. The Morgan fingerprint density at radius 3 is 1.38 bits per heavy atom. The van der Waals surface area contributed by atoms with Crippen molar-refractivity contribution in [2.45, 2.75) is 6.54 Å². The van der Waals surface area contributed by atoms with Gasteiger partial charge < -0.3 is 8.39 Å². The van der Waals surface area contributed by atoms with Crippen molar-refractivity contribution in [3.63, 3.8) is 0 Å². The SMILES string of the molecule is O=[N+]([O-])c1ccc(-c2cc3ccccc3c3c2op(N(Cc2ccccc2)c2ccccc2)oc2c(-c4ccc([N+](=O)[O-])cc4)cc4ccccc4c23)cc1. The second-order valence-electron chi connectivity index (χ2n) is 13.1. The van der Waals surface area contributed by atoms with Crippen LogP contribution in [0.25, 0.3) is 65.7 Å². The van der Waals surface area contributed by atoms with E-state index in [0.29, 0.717) is 17.7 Å². The van der Waals surface area contributed by atoms with E-state index in [1.807, 2.05) is 84.9 Å². The average Bonchev–Trinajstić information content (AvgIpc) is 3.41. The van der Waals surface area contributed by atoms with E-state index in [-0.39, 0.29) is 11.4 Å². The largest absolute Gasteiger partial charge is 0.403 e. The van der Waals surface area contributed by atoms with Gasteiger partial charge in [-0.25, -0.2) is 0 Å². The lowest BCUT2D eigenvalue weighted by Gasteiger charge is -2.21. The van der Waals surface area contributed by atoms with Gasteiger partial charge in [0.15, 0.2) is 11.2 Å². The molecule has 9 nitrogen and oxygen atoms in total. The predicted octanol–water partition coefficient (Wildman–Crippen LogP) is 13.2. The van der Waals surface area contributed by atoms with Crippen molar-refractivity contribution in [1.29, 1.82) is 0 Å². The third-order valence-electron chi connectivity index (χ3n) is 9.80. The van der Waals surface area contributed by atoms with Crippen molar-refractivity contribution in [1.82, 2.24) is 0 Å². The summed E-state index contributed by atoms with van der Waals surface area (Å²) in [4.78, 5) is 22.6. The molecule has 8 aromatic carbocycles. The molecule has 0 N–H and O–H groups in total. The van der Waals surface area contributed by atoms with Crippen molar-refractivity contribution in [3.05, 3.63) is 196 Å². The molecule has 0 atom stereocenters. The smallest absolute Gasteiger partial charge is 0.342 e. The Morgan fingerprint density at radius 1 is 0.509 bits per heavy atom. The number of non-ortho nitro benzene ring substituents is 2. The average molecular weight is 740 g/mol. The third-order valence-corrected chi connectivity index (χ3v) is 11.2. The van der Waals surface area contributed by atoms with Crippen LogP contribution in [0.15, 0.2) is 178 Å². The van der Waals surface area contributed by atoms with E-state index in [2.05, 4.69) is 41.1 Å². The number of para-hydroxylation sites is 1. The van der Waals surface area contributed by atoms with E-state index in [9.17, 15) is 20.2 Å². The van der Waals surface area contributed by atoms with Crippen LogP contribution in [0.3, 0.4) is 0 Å². The quantitative estimate of drug-likeness (QED) is 0.112. The van der Waals surface area contributed by atoms with Gasteiger partial charge in [0.2, 0.25) is 0 Å².